The second-order valence-electron chi connectivity index (χ2n) is 4.89. The van der Waals surface area contributed by atoms with Crippen molar-refractivity contribution in [3.8, 4) is 0 Å². The zero-order valence-electron chi connectivity index (χ0n) is 9.83. The van der Waals surface area contributed by atoms with Crippen LogP contribution in [-0.4, -0.2) is 23.9 Å². The van der Waals surface area contributed by atoms with E-state index in [9.17, 15) is 5.11 Å². The monoisotopic (exact) mass is 210 g/mol. The third-order valence-electron chi connectivity index (χ3n) is 4.11. The van der Waals surface area contributed by atoms with Crippen molar-refractivity contribution < 1.29 is 9.84 Å². The van der Waals surface area contributed by atoms with E-state index >= 15 is 0 Å². The normalized spacial score (nSPS) is 38.5. The Balaban J connectivity index is 2.03. The smallest absolute Gasteiger partial charge is 0.115 e. The Kier molecular flexibility index (Phi) is 3.17. The number of aliphatic hydroxyl groups excluding tert-OH is 1. The number of hydrogen-bond acceptors (Lipinski definition) is 2. The van der Waals surface area contributed by atoms with Gasteiger partial charge in [0.1, 0.15) is 5.60 Å². The highest BCUT2D eigenvalue weighted by molar-refractivity contribution is 5.33. The van der Waals surface area contributed by atoms with E-state index in [4.69, 9.17) is 4.74 Å². The van der Waals surface area contributed by atoms with Crippen LogP contribution >= 0.6 is 0 Å². The van der Waals surface area contributed by atoms with Gasteiger partial charge in [0, 0.05) is 13.0 Å². The van der Waals surface area contributed by atoms with Gasteiger partial charge in [0.15, 0.2) is 0 Å². The molecule has 0 spiro atoms. The summed E-state index contributed by atoms with van der Waals surface area (Å²) in [5.74, 6) is 0.363. The molecule has 0 aromatic rings. The second kappa shape index (κ2) is 4.26. The van der Waals surface area contributed by atoms with Crippen LogP contribution in [0.2, 0.25) is 0 Å². The van der Waals surface area contributed by atoms with E-state index in [0.29, 0.717) is 5.92 Å². The van der Waals surface area contributed by atoms with Gasteiger partial charge in [-0.15, -0.1) is 0 Å². The van der Waals surface area contributed by atoms with Crippen molar-refractivity contribution in [1.29, 1.82) is 0 Å². The van der Waals surface area contributed by atoms with E-state index in [0.717, 1.165) is 19.3 Å². The summed E-state index contributed by atoms with van der Waals surface area (Å²) >= 11 is 0. The Morgan fingerprint density at radius 3 is 2.93 bits per heavy atom. The fourth-order valence-electron chi connectivity index (χ4n) is 3.17. The highest BCUT2D eigenvalue weighted by atomic mass is 16.5. The topological polar surface area (TPSA) is 29.5 Å². The van der Waals surface area contributed by atoms with Crippen LogP contribution < -0.4 is 0 Å². The number of aliphatic hydroxyl groups is 1. The maximum atomic E-state index is 10.1. The standard InChI is InChI=1S/C13H22O2/c1-3-4-5-6-11-9-10-7-8-13(11,15-2)12(10)14/h9-10,12,14H,3-8H2,1-2H3. The van der Waals surface area contributed by atoms with Crippen LogP contribution in [0.1, 0.15) is 45.4 Å². The summed E-state index contributed by atoms with van der Waals surface area (Å²) in [5.41, 5.74) is 1.06. The first-order chi connectivity index (χ1) is 7.24. The van der Waals surface area contributed by atoms with Gasteiger partial charge in [-0.25, -0.2) is 0 Å². The molecule has 0 aliphatic heterocycles. The van der Waals surface area contributed by atoms with Crippen molar-refractivity contribution >= 4 is 0 Å². The fraction of sp³-hybridized carbons (Fsp3) is 0.846. The van der Waals surface area contributed by atoms with Crippen LogP contribution in [0.25, 0.3) is 0 Å². The van der Waals surface area contributed by atoms with Crippen molar-refractivity contribution in [3.63, 3.8) is 0 Å². The van der Waals surface area contributed by atoms with E-state index in [-0.39, 0.29) is 11.7 Å². The Morgan fingerprint density at radius 2 is 2.33 bits per heavy atom. The molecule has 15 heavy (non-hydrogen) atoms. The van der Waals surface area contributed by atoms with E-state index in [1.54, 1.807) is 7.11 Å². The van der Waals surface area contributed by atoms with Gasteiger partial charge in [-0.05, 0) is 31.3 Å². The van der Waals surface area contributed by atoms with Gasteiger partial charge in [-0.1, -0.05) is 25.8 Å². The molecule has 0 heterocycles. The predicted molar refractivity (Wildman–Crippen MR) is 60.7 cm³/mol. The molecule has 0 saturated heterocycles. The molecule has 1 N–H and O–H groups in total. The highest BCUT2D eigenvalue weighted by Crippen LogP contribution is 2.50. The minimum Gasteiger partial charge on any atom is -0.389 e. The van der Waals surface area contributed by atoms with Gasteiger partial charge in [0.25, 0.3) is 0 Å². The summed E-state index contributed by atoms with van der Waals surface area (Å²) in [6.07, 6.45) is 8.95. The minimum atomic E-state index is -0.307. The lowest BCUT2D eigenvalue weighted by atomic mass is 9.88. The van der Waals surface area contributed by atoms with Gasteiger partial charge >= 0.3 is 0 Å². The Hall–Kier alpha value is -0.340. The van der Waals surface area contributed by atoms with Gasteiger partial charge < -0.3 is 9.84 Å². The van der Waals surface area contributed by atoms with Gasteiger partial charge in [0.2, 0.25) is 0 Å². The lowest BCUT2D eigenvalue weighted by Crippen LogP contribution is -2.39. The van der Waals surface area contributed by atoms with Crippen LogP contribution in [0.5, 0.6) is 0 Å². The van der Waals surface area contributed by atoms with Gasteiger partial charge in [-0.2, -0.15) is 0 Å². The molecule has 86 valence electrons. The summed E-state index contributed by atoms with van der Waals surface area (Å²) in [7, 11) is 1.74. The summed E-state index contributed by atoms with van der Waals surface area (Å²) < 4.78 is 5.63. The maximum Gasteiger partial charge on any atom is 0.115 e. The number of methoxy groups -OCH3 is 1. The molecule has 1 fully saturated rings. The molecule has 0 radical (unpaired) electrons. The molecule has 2 nitrogen and oxygen atoms in total. The second-order valence-corrected chi connectivity index (χ2v) is 4.89. The molecule has 2 bridgehead atoms. The molecular formula is C13H22O2. The van der Waals surface area contributed by atoms with Crippen LogP contribution in [0, 0.1) is 5.92 Å². The first-order valence-corrected chi connectivity index (χ1v) is 6.19. The van der Waals surface area contributed by atoms with Crippen molar-refractivity contribution in [2.75, 3.05) is 7.11 Å². The van der Waals surface area contributed by atoms with Crippen LogP contribution in [0.15, 0.2) is 11.6 Å². The third-order valence-corrected chi connectivity index (χ3v) is 4.11. The highest BCUT2D eigenvalue weighted by Gasteiger charge is 2.54. The zero-order chi connectivity index (χ0) is 10.9. The molecule has 2 rings (SSSR count). The molecule has 0 aromatic heterocycles. The molecule has 1 saturated carbocycles. The third kappa shape index (κ3) is 1.64. The lowest BCUT2D eigenvalue weighted by molar-refractivity contribution is -0.0566. The van der Waals surface area contributed by atoms with Crippen LogP contribution in [0.4, 0.5) is 0 Å². The van der Waals surface area contributed by atoms with E-state index < -0.39 is 0 Å². The van der Waals surface area contributed by atoms with Crippen LogP contribution in [0.3, 0.4) is 0 Å². The Bertz CT molecular complexity index is 259. The molecule has 2 heteroatoms. The number of rotatable bonds is 5. The van der Waals surface area contributed by atoms with E-state index in [2.05, 4.69) is 13.0 Å². The predicted octanol–water partition coefficient (Wildman–Crippen LogP) is 2.66. The average molecular weight is 210 g/mol. The molecular weight excluding hydrogens is 188 g/mol. The van der Waals surface area contributed by atoms with Crippen LogP contribution in [-0.2, 0) is 4.74 Å². The molecule has 2 aliphatic rings. The quantitative estimate of drug-likeness (QED) is 0.558. The average Bonchev–Trinajstić information content (AvgIpc) is 2.71. The number of ether oxygens (including phenoxy) is 1. The number of unbranched alkanes of at least 4 members (excludes halogenated alkanes) is 2. The van der Waals surface area contributed by atoms with Crippen molar-refractivity contribution in [1.82, 2.24) is 0 Å². The molecule has 3 unspecified atom stereocenters. The van der Waals surface area contributed by atoms with Crippen molar-refractivity contribution in [2.45, 2.75) is 57.2 Å². The summed E-state index contributed by atoms with van der Waals surface area (Å²) in [6.45, 7) is 2.22. The first-order valence-electron chi connectivity index (χ1n) is 6.19. The molecule has 0 aromatic carbocycles. The summed E-state index contributed by atoms with van der Waals surface area (Å²) in [6, 6.07) is 0. The molecule has 3 atom stereocenters. The Labute approximate surface area is 92.3 Å². The number of hydrogen-bond donors (Lipinski definition) is 1. The minimum absolute atomic E-state index is 0.279. The first kappa shape index (κ1) is 11.2. The van der Waals surface area contributed by atoms with Crippen molar-refractivity contribution in [2.24, 2.45) is 5.92 Å². The fourth-order valence-corrected chi connectivity index (χ4v) is 3.17. The number of fused-ring (bicyclic) bond motifs is 2. The van der Waals surface area contributed by atoms with E-state index in [1.807, 2.05) is 0 Å². The van der Waals surface area contributed by atoms with Gasteiger partial charge in [0.05, 0.1) is 6.10 Å². The maximum absolute atomic E-state index is 10.1. The summed E-state index contributed by atoms with van der Waals surface area (Å²) in [4.78, 5) is 0. The lowest BCUT2D eigenvalue weighted by Gasteiger charge is -2.31. The van der Waals surface area contributed by atoms with E-state index in [1.165, 1.54) is 24.8 Å². The zero-order valence-corrected chi connectivity index (χ0v) is 9.83. The molecule has 0 amide bonds. The van der Waals surface area contributed by atoms with Crippen molar-refractivity contribution in [3.05, 3.63) is 11.6 Å². The largest absolute Gasteiger partial charge is 0.389 e. The van der Waals surface area contributed by atoms with Gasteiger partial charge in [-0.3, -0.25) is 0 Å². The molecule has 2 aliphatic carbocycles. The Morgan fingerprint density at radius 1 is 1.53 bits per heavy atom. The summed E-state index contributed by atoms with van der Waals surface area (Å²) in [5, 5.41) is 10.1. The SMILES string of the molecule is CCCCCC1=CC2CCC1(OC)C2O.